The smallest absolute Gasteiger partial charge is 0.399 e. The van der Waals surface area contributed by atoms with Crippen LogP contribution in [-0.4, -0.2) is 47.4 Å². The highest BCUT2D eigenvalue weighted by Gasteiger charge is 2.52. The molecule has 2 aliphatic carbocycles. The molecule has 0 bridgehead atoms. The first-order valence-corrected chi connectivity index (χ1v) is 48.3. The fourth-order valence-electron chi connectivity index (χ4n) is 20.8. The molecule has 0 amide bonds. The van der Waals surface area contributed by atoms with Crippen molar-refractivity contribution >= 4 is 102 Å². The van der Waals surface area contributed by atoms with Gasteiger partial charge in [0.1, 0.15) is 17.8 Å². The Labute approximate surface area is 822 Å². The summed E-state index contributed by atoms with van der Waals surface area (Å²) in [5, 5.41) is 5.44. The van der Waals surface area contributed by atoms with Crippen molar-refractivity contribution in [1.82, 2.24) is 29.1 Å². The van der Waals surface area contributed by atoms with Crippen LogP contribution in [0.1, 0.15) is 77.6 Å². The van der Waals surface area contributed by atoms with Gasteiger partial charge in [-0.1, -0.05) is 330 Å². The number of fused-ring (bicyclic) bond motifs is 12. The van der Waals surface area contributed by atoms with Crippen molar-refractivity contribution in [2.75, 3.05) is 9.80 Å². The summed E-state index contributed by atoms with van der Waals surface area (Å²) < 4.78 is 17.5. The number of aromatic nitrogens is 6. The highest BCUT2D eigenvalue weighted by Crippen LogP contribution is 2.53. The SMILES string of the molecule is CC1(C)OB(c2ccc(N(c3ccc(-c4ccccc4)cc3)c3ccc(-c4ccc5c(c4)c4ccccc4n5-c4ccccc4)cc3)cc2)OC1(C)C.CC1(C)c2ccccc2-c2ccc(-c3cc(-c4ccc(N(c5ccc(-c6ccccc6)cc5)c5ccc(-c6ccc7c(c6)c6ccccc6n7-c6ccccc6)cc5)cc4)ncn3)cc21.CC1(C)c2ccccc2-c2ccc(-c3cc(Cl)ncn3)cc21. The molecule has 1 saturated heterocycles. The number of nitrogens with zero attached hydrogens (tertiary/aromatic N) is 8. The van der Waals surface area contributed by atoms with Gasteiger partial charge >= 0.3 is 7.12 Å². The average molecular weight is 1830 g/mol. The van der Waals surface area contributed by atoms with Gasteiger partial charge in [-0.3, -0.25) is 0 Å². The molecular weight excluding hydrogens is 1730 g/mol. The summed E-state index contributed by atoms with van der Waals surface area (Å²) in [6, 6.07) is 161. The van der Waals surface area contributed by atoms with Crippen LogP contribution < -0.4 is 15.3 Å². The van der Waals surface area contributed by atoms with Crippen LogP contribution in [0, 0.1) is 0 Å². The van der Waals surface area contributed by atoms with E-state index in [9.17, 15) is 0 Å². The lowest BCUT2D eigenvalue weighted by Gasteiger charge is -2.32. The summed E-state index contributed by atoms with van der Waals surface area (Å²) >= 11 is 5.99. The number of anilines is 6. The lowest BCUT2D eigenvalue weighted by Crippen LogP contribution is -2.41. The maximum absolute atomic E-state index is 6.37. The zero-order valence-electron chi connectivity index (χ0n) is 79.2. The summed E-state index contributed by atoms with van der Waals surface area (Å²) in [6.07, 6.45) is 3.19. The Balaban J connectivity index is 0.000000130. The first kappa shape index (κ1) is 87.6. The van der Waals surface area contributed by atoms with Gasteiger partial charge in [0.2, 0.25) is 0 Å². The van der Waals surface area contributed by atoms with Crippen LogP contribution in [0.15, 0.2) is 462 Å². The van der Waals surface area contributed by atoms with Crippen molar-refractivity contribution in [2.45, 2.75) is 77.4 Å². The molecule has 1 fully saturated rings. The molecule has 10 nitrogen and oxygen atoms in total. The molecule has 674 valence electrons. The predicted octanol–water partition coefficient (Wildman–Crippen LogP) is 33.0. The van der Waals surface area contributed by atoms with E-state index in [-0.39, 0.29) is 10.8 Å². The van der Waals surface area contributed by atoms with Crippen LogP contribution >= 0.6 is 11.6 Å². The summed E-state index contributed by atoms with van der Waals surface area (Å²) in [5.41, 5.74) is 39.7. The van der Waals surface area contributed by atoms with E-state index >= 15 is 0 Å². The van der Waals surface area contributed by atoms with Gasteiger partial charge in [0, 0.05) is 101 Å². The molecule has 4 aromatic heterocycles. The first-order valence-electron chi connectivity index (χ1n) is 48.0. The third kappa shape index (κ3) is 16.2. The molecule has 22 aromatic rings. The van der Waals surface area contributed by atoms with E-state index in [1.54, 1.807) is 12.4 Å². The molecule has 18 aromatic carbocycles. The third-order valence-corrected chi connectivity index (χ3v) is 29.1. The summed E-state index contributed by atoms with van der Waals surface area (Å²) in [7, 11) is -0.411. The standard InChI is InChI=1S/C61H44N4.C48H41BN2O2.C19H15ClN2/c1-61(2)55-19-11-9-17-51(55)52-35-27-46(38-56(52)61)58-39-57(62-40-63-58)44-25-33-50(34-26-44)64(48-29-21-42(22-30-48)41-13-5-3-6-14-41)49-31-23-43(24-32-49)45-28-36-60-54(37-45)53-18-10-12-20-59(53)65(60)47-15-7-4-8-16-47;1-47(2)48(3,4)53-49(52-47)38-24-30-42(31-25-38)50(40-26-19-35(20-27-40)34-13-7-5-8-14-34)41-28-21-36(22-29-41)37-23-32-46-44(33-37)43-17-11-12-18-45(43)51(46)39-15-9-6-10-16-39;1-19(2)15-6-4-3-5-13(15)14-8-7-12(9-16(14)19)17-10-18(20)22-11-21-17/h3-40H,1-2H3;5-33H,1-4H3;3-11H,1-2H3. The summed E-state index contributed by atoms with van der Waals surface area (Å²) in [4.78, 5) is 22.5. The second-order valence-electron chi connectivity index (χ2n) is 38.5. The van der Waals surface area contributed by atoms with Crippen LogP contribution in [0.3, 0.4) is 0 Å². The van der Waals surface area contributed by atoms with Gasteiger partial charge in [0.15, 0.2) is 0 Å². The lowest BCUT2D eigenvalue weighted by atomic mass is 9.79. The van der Waals surface area contributed by atoms with Gasteiger partial charge in [-0.15, -0.1) is 0 Å². The fourth-order valence-corrected chi connectivity index (χ4v) is 21.0. The van der Waals surface area contributed by atoms with Crippen molar-refractivity contribution in [2.24, 2.45) is 0 Å². The highest BCUT2D eigenvalue weighted by atomic mass is 35.5. The maximum Gasteiger partial charge on any atom is 0.494 e. The monoisotopic (exact) mass is 1830 g/mol. The number of hydrogen-bond donors (Lipinski definition) is 0. The number of halogens is 1. The van der Waals surface area contributed by atoms with Gasteiger partial charge in [0.05, 0.1) is 50.4 Å². The van der Waals surface area contributed by atoms with Crippen LogP contribution in [0.4, 0.5) is 34.1 Å². The minimum atomic E-state index is -0.411. The van der Waals surface area contributed by atoms with E-state index in [1.807, 2.05) is 0 Å². The lowest BCUT2D eigenvalue weighted by molar-refractivity contribution is 0.00578. The minimum Gasteiger partial charge on any atom is -0.399 e. The van der Waals surface area contributed by atoms with Crippen molar-refractivity contribution < 1.29 is 9.31 Å². The highest BCUT2D eigenvalue weighted by molar-refractivity contribution is 6.62. The number of para-hydroxylation sites is 4. The summed E-state index contributed by atoms with van der Waals surface area (Å²) in [5.74, 6) is 0. The van der Waals surface area contributed by atoms with Gasteiger partial charge in [0.25, 0.3) is 0 Å². The molecule has 0 radical (unpaired) electrons. The van der Waals surface area contributed by atoms with Crippen LogP contribution in [0.5, 0.6) is 0 Å². The maximum atomic E-state index is 6.37. The Morgan fingerprint density at radius 2 is 0.529 bits per heavy atom. The zero-order valence-corrected chi connectivity index (χ0v) is 80.0. The van der Waals surface area contributed by atoms with E-state index in [2.05, 4.69) is 527 Å². The molecule has 25 rings (SSSR count). The Morgan fingerprint density at radius 3 is 0.929 bits per heavy atom. The van der Waals surface area contributed by atoms with E-state index in [0.29, 0.717) is 5.15 Å². The van der Waals surface area contributed by atoms with Crippen molar-refractivity contribution in [1.29, 1.82) is 0 Å². The Hall–Kier alpha value is -16.4. The minimum absolute atomic E-state index is 0.00123. The van der Waals surface area contributed by atoms with Crippen LogP contribution in [0.25, 0.3) is 156 Å². The topological polar surface area (TPSA) is 86.4 Å². The van der Waals surface area contributed by atoms with Crippen LogP contribution in [-0.2, 0) is 20.1 Å². The zero-order chi connectivity index (χ0) is 95.0. The molecule has 0 saturated carbocycles. The number of rotatable bonds is 16. The molecule has 0 N–H and O–H groups in total. The molecule has 0 unspecified atom stereocenters. The van der Waals surface area contributed by atoms with Crippen molar-refractivity contribution in [3.05, 3.63) is 489 Å². The van der Waals surface area contributed by atoms with Crippen LogP contribution in [0.2, 0.25) is 5.15 Å². The summed E-state index contributed by atoms with van der Waals surface area (Å²) in [6.45, 7) is 17.5. The molecule has 1 aliphatic heterocycles. The molecule has 140 heavy (non-hydrogen) atoms. The Bertz CT molecular complexity index is 8380. The predicted molar refractivity (Wildman–Crippen MR) is 582 cm³/mol. The quantitative estimate of drug-likeness (QED) is 0.0699. The fraction of sp³-hybridized carbons (Fsp3) is 0.0938. The second kappa shape index (κ2) is 35.9. The number of benzene rings is 18. The van der Waals surface area contributed by atoms with E-state index in [0.717, 1.165) is 90.3 Å². The Morgan fingerprint density at radius 1 is 0.236 bits per heavy atom. The molecule has 0 atom stereocenters. The van der Waals surface area contributed by atoms with Gasteiger partial charge in [-0.05, 0) is 274 Å². The number of hydrogen-bond acceptors (Lipinski definition) is 8. The van der Waals surface area contributed by atoms with Gasteiger partial charge in [-0.2, -0.15) is 0 Å². The average Bonchev–Trinajstić information content (AvgIpc) is 1.60. The molecule has 12 heteroatoms. The normalized spacial score (nSPS) is 13.8. The molecule has 3 aliphatic rings. The third-order valence-electron chi connectivity index (χ3n) is 28.9. The van der Waals surface area contributed by atoms with E-state index < -0.39 is 18.3 Å². The molecular formula is C128H100BClN8O2. The molecule has 5 heterocycles. The second-order valence-corrected chi connectivity index (χ2v) is 38.9. The van der Waals surface area contributed by atoms with Gasteiger partial charge < -0.3 is 28.2 Å². The van der Waals surface area contributed by atoms with E-state index in [4.69, 9.17) is 30.9 Å². The van der Waals surface area contributed by atoms with E-state index in [1.165, 1.54) is 133 Å². The Kier molecular flexibility index (Phi) is 22.5. The van der Waals surface area contributed by atoms with Crippen molar-refractivity contribution in [3.63, 3.8) is 0 Å². The van der Waals surface area contributed by atoms with Crippen molar-refractivity contribution in [3.8, 4) is 112 Å². The first-order chi connectivity index (χ1) is 68.3. The van der Waals surface area contributed by atoms with Gasteiger partial charge in [-0.25, -0.2) is 19.9 Å². The molecule has 0 spiro atoms. The largest absolute Gasteiger partial charge is 0.494 e.